The second-order valence-electron chi connectivity index (χ2n) is 7.35. The van der Waals surface area contributed by atoms with Gasteiger partial charge < -0.3 is 4.74 Å². The zero-order chi connectivity index (χ0) is 20.3. The molecule has 1 saturated carbocycles. The van der Waals surface area contributed by atoms with E-state index >= 15 is 0 Å². The van der Waals surface area contributed by atoms with Crippen LogP contribution in [0.15, 0.2) is 84.3 Å². The minimum Gasteiger partial charge on any atom is -0.490 e. The molecule has 29 heavy (non-hydrogen) atoms. The number of benzene rings is 3. The summed E-state index contributed by atoms with van der Waals surface area (Å²) in [6, 6.07) is 20.2. The molecule has 0 atom stereocenters. The van der Waals surface area contributed by atoms with Crippen LogP contribution >= 0.6 is 0 Å². The molecule has 4 rings (SSSR count). The van der Waals surface area contributed by atoms with Crippen molar-refractivity contribution in [2.45, 2.75) is 36.7 Å². The van der Waals surface area contributed by atoms with Gasteiger partial charge >= 0.3 is 0 Å². The Kier molecular flexibility index (Phi) is 5.58. The number of anilines is 1. The number of ether oxygens (including phenoxy) is 1. The smallest absolute Gasteiger partial charge is 0.264 e. The van der Waals surface area contributed by atoms with Crippen molar-refractivity contribution in [3.8, 4) is 5.75 Å². The first kappa shape index (κ1) is 19.5. The van der Waals surface area contributed by atoms with Crippen LogP contribution in [0.4, 0.5) is 5.69 Å². The Morgan fingerprint density at radius 2 is 1.66 bits per heavy atom. The molecule has 0 amide bonds. The molecule has 0 bridgehead atoms. The first-order valence-corrected chi connectivity index (χ1v) is 11.4. The quantitative estimate of drug-likeness (QED) is 0.483. The highest BCUT2D eigenvalue weighted by Gasteiger charge is 2.24. The maximum Gasteiger partial charge on any atom is 0.264 e. The van der Waals surface area contributed by atoms with Gasteiger partial charge in [-0.3, -0.25) is 4.31 Å². The van der Waals surface area contributed by atoms with E-state index in [1.54, 1.807) is 30.3 Å². The van der Waals surface area contributed by atoms with Crippen molar-refractivity contribution in [1.82, 2.24) is 0 Å². The van der Waals surface area contributed by atoms with E-state index in [4.69, 9.17) is 4.74 Å². The summed E-state index contributed by atoms with van der Waals surface area (Å²) >= 11 is 0. The lowest BCUT2D eigenvalue weighted by Crippen LogP contribution is -2.31. The van der Waals surface area contributed by atoms with Gasteiger partial charge in [-0.1, -0.05) is 36.4 Å². The second kappa shape index (κ2) is 8.29. The van der Waals surface area contributed by atoms with Gasteiger partial charge in [0.2, 0.25) is 0 Å². The standard InChI is InChI=1S/C24H25NO3S/c1-2-17-25(21-12-14-23(15-13-21)28-22-9-5-6-10-22)29(26,27)24-16-11-19-7-3-4-8-20(19)18-24/h2-4,7-8,11-16,18,22H,1,5-6,9-10,17H2. The largest absolute Gasteiger partial charge is 0.490 e. The molecule has 0 heterocycles. The van der Waals surface area contributed by atoms with E-state index in [2.05, 4.69) is 6.58 Å². The van der Waals surface area contributed by atoms with Crippen LogP contribution < -0.4 is 9.04 Å². The fourth-order valence-electron chi connectivity index (χ4n) is 3.80. The lowest BCUT2D eigenvalue weighted by Gasteiger charge is -2.24. The summed E-state index contributed by atoms with van der Waals surface area (Å²) in [6.07, 6.45) is 6.45. The summed E-state index contributed by atoms with van der Waals surface area (Å²) in [6.45, 7) is 3.93. The van der Waals surface area contributed by atoms with Gasteiger partial charge in [-0.25, -0.2) is 8.42 Å². The molecule has 0 saturated heterocycles. The second-order valence-corrected chi connectivity index (χ2v) is 9.21. The van der Waals surface area contributed by atoms with Gasteiger partial charge in [-0.05, 0) is 72.9 Å². The fraction of sp³-hybridized carbons (Fsp3) is 0.250. The highest BCUT2D eigenvalue weighted by Crippen LogP contribution is 2.29. The average molecular weight is 408 g/mol. The van der Waals surface area contributed by atoms with Crippen LogP contribution in [-0.2, 0) is 10.0 Å². The average Bonchev–Trinajstić information content (AvgIpc) is 3.25. The molecular weight excluding hydrogens is 382 g/mol. The van der Waals surface area contributed by atoms with Crippen molar-refractivity contribution in [3.05, 3.63) is 79.4 Å². The monoisotopic (exact) mass is 407 g/mol. The van der Waals surface area contributed by atoms with Crippen LogP contribution in [0, 0.1) is 0 Å². The third kappa shape index (κ3) is 4.15. The molecule has 150 valence electrons. The van der Waals surface area contributed by atoms with E-state index < -0.39 is 10.0 Å². The molecule has 0 aliphatic heterocycles. The Hall–Kier alpha value is -2.79. The normalized spacial score (nSPS) is 14.8. The molecule has 1 fully saturated rings. The zero-order valence-electron chi connectivity index (χ0n) is 16.3. The maximum atomic E-state index is 13.4. The molecule has 4 nitrogen and oxygen atoms in total. The van der Waals surface area contributed by atoms with Crippen molar-refractivity contribution < 1.29 is 13.2 Å². The summed E-state index contributed by atoms with van der Waals surface area (Å²) in [4.78, 5) is 0.268. The van der Waals surface area contributed by atoms with Crippen LogP contribution in [0.1, 0.15) is 25.7 Å². The van der Waals surface area contributed by atoms with Gasteiger partial charge in [-0.15, -0.1) is 6.58 Å². The number of hydrogen-bond donors (Lipinski definition) is 0. The van der Waals surface area contributed by atoms with Crippen molar-refractivity contribution in [1.29, 1.82) is 0 Å². The third-order valence-electron chi connectivity index (χ3n) is 5.33. The predicted molar refractivity (Wildman–Crippen MR) is 118 cm³/mol. The van der Waals surface area contributed by atoms with Crippen LogP contribution in [-0.4, -0.2) is 21.1 Å². The van der Waals surface area contributed by atoms with Crippen molar-refractivity contribution in [2.24, 2.45) is 0 Å². The molecule has 5 heteroatoms. The number of hydrogen-bond acceptors (Lipinski definition) is 3. The first-order chi connectivity index (χ1) is 14.1. The fourth-order valence-corrected chi connectivity index (χ4v) is 5.28. The molecule has 0 aromatic heterocycles. The molecule has 1 aliphatic carbocycles. The highest BCUT2D eigenvalue weighted by atomic mass is 32.2. The first-order valence-electron chi connectivity index (χ1n) is 9.97. The van der Waals surface area contributed by atoms with Gasteiger partial charge in [0.05, 0.1) is 23.2 Å². The number of rotatable bonds is 7. The molecule has 0 radical (unpaired) electrons. The Morgan fingerprint density at radius 3 is 2.34 bits per heavy atom. The van der Waals surface area contributed by atoms with Crippen molar-refractivity contribution in [3.63, 3.8) is 0 Å². The van der Waals surface area contributed by atoms with Gasteiger partial charge in [0.25, 0.3) is 10.0 Å². The van der Waals surface area contributed by atoms with E-state index in [0.29, 0.717) is 5.69 Å². The van der Waals surface area contributed by atoms with Gasteiger partial charge in [-0.2, -0.15) is 0 Å². The molecule has 0 spiro atoms. The number of sulfonamides is 1. The number of nitrogens with zero attached hydrogens (tertiary/aromatic N) is 1. The van der Waals surface area contributed by atoms with Crippen LogP contribution in [0.5, 0.6) is 5.75 Å². The molecular formula is C24H25NO3S. The van der Waals surface area contributed by atoms with Gasteiger partial charge in [0.15, 0.2) is 0 Å². The topological polar surface area (TPSA) is 46.6 Å². The van der Waals surface area contributed by atoms with E-state index in [1.807, 2.05) is 42.5 Å². The van der Waals surface area contributed by atoms with Crippen molar-refractivity contribution >= 4 is 26.5 Å². The molecule has 1 aliphatic rings. The van der Waals surface area contributed by atoms with E-state index in [1.165, 1.54) is 17.1 Å². The maximum absolute atomic E-state index is 13.4. The third-order valence-corrected chi connectivity index (χ3v) is 7.12. The predicted octanol–water partition coefficient (Wildman–Crippen LogP) is 5.54. The molecule has 3 aromatic rings. The molecule has 3 aromatic carbocycles. The van der Waals surface area contributed by atoms with E-state index in [0.717, 1.165) is 29.4 Å². The lowest BCUT2D eigenvalue weighted by atomic mass is 10.1. The Labute approximate surface area is 172 Å². The minimum atomic E-state index is -3.72. The van der Waals surface area contributed by atoms with Crippen LogP contribution in [0.2, 0.25) is 0 Å². The van der Waals surface area contributed by atoms with Gasteiger partial charge in [0, 0.05) is 0 Å². The Morgan fingerprint density at radius 1 is 0.966 bits per heavy atom. The number of fused-ring (bicyclic) bond motifs is 1. The van der Waals surface area contributed by atoms with Crippen LogP contribution in [0.3, 0.4) is 0 Å². The summed E-state index contributed by atoms with van der Waals surface area (Å²) < 4.78 is 34.1. The SMILES string of the molecule is C=CCN(c1ccc(OC2CCCC2)cc1)S(=O)(=O)c1ccc2ccccc2c1. The van der Waals surface area contributed by atoms with Gasteiger partial charge in [0.1, 0.15) is 5.75 Å². The summed E-state index contributed by atoms with van der Waals surface area (Å²) in [5.41, 5.74) is 0.594. The summed E-state index contributed by atoms with van der Waals surface area (Å²) in [5.74, 6) is 0.780. The minimum absolute atomic E-state index is 0.192. The van der Waals surface area contributed by atoms with E-state index in [-0.39, 0.29) is 17.5 Å². The summed E-state index contributed by atoms with van der Waals surface area (Å²) in [5, 5.41) is 1.91. The Balaban J connectivity index is 1.63. The zero-order valence-corrected chi connectivity index (χ0v) is 17.1. The van der Waals surface area contributed by atoms with Crippen molar-refractivity contribution in [2.75, 3.05) is 10.8 Å². The summed E-state index contributed by atoms with van der Waals surface area (Å²) in [7, 11) is -3.72. The molecule has 0 unspecified atom stereocenters. The van der Waals surface area contributed by atoms with E-state index in [9.17, 15) is 8.42 Å². The highest BCUT2D eigenvalue weighted by molar-refractivity contribution is 7.92. The molecule has 0 N–H and O–H groups in total. The van der Waals surface area contributed by atoms with Crippen LogP contribution in [0.25, 0.3) is 10.8 Å². The Bertz CT molecular complexity index is 1100. The lowest BCUT2D eigenvalue weighted by molar-refractivity contribution is 0.210.